The van der Waals surface area contributed by atoms with Gasteiger partial charge >= 0.3 is 0 Å². The molecule has 0 saturated carbocycles. The highest BCUT2D eigenvalue weighted by atomic mass is 15.2. The molecule has 6 nitrogen and oxygen atoms in total. The van der Waals surface area contributed by atoms with Gasteiger partial charge in [-0.15, -0.1) is 0 Å². The van der Waals surface area contributed by atoms with Crippen LogP contribution in [0.2, 0.25) is 0 Å². The molecule has 3 heterocycles. The highest BCUT2D eigenvalue weighted by Crippen LogP contribution is 2.28. The zero-order valence-corrected chi connectivity index (χ0v) is 14.1. The number of imidazole rings is 1. The smallest absolute Gasteiger partial charge is 0.147 e. The molecule has 1 saturated heterocycles. The molecule has 0 unspecified atom stereocenters. The van der Waals surface area contributed by atoms with Gasteiger partial charge in [-0.2, -0.15) is 0 Å². The lowest BCUT2D eigenvalue weighted by molar-refractivity contribution is 0.380. The maximum absolute atomic E-state index is 4.65. The first-order valence-corrected chi connectivity index (χ1v) is 8.41. The van der Waals surface area contributed by atoms with E-state index >= 15 is 0 Å². The van der Waals surface area contributed by atoms with E-state index in [1.54, 1.807) is 12.4 Å². The van der Waals surface area contributed by atoms with Crippen molar-refractivity contribution >= 4 is 5.82 Å². The topological polar surface area (TPSA) is 50.1 Å². The van der Waals surface area contributed by atoms with Crippen molar-refractivity contribution in [3.05, 3.63) is 36.8 Å². The van der Waals surface area contributed by atoms with E-state index in [-0.39, 0.29) is 0 Å². The molecule has 1 atom stereocenters. The Kier molecular flexibility index (Phi) is 5.23. The van der Waals surface area contributed by atoms with E-state index in [1.165, 1.54) is 18.7 Å². The Morgan fingerprint density at radius 3 is 2.91 bits per heavy atom. The van der Waals surface area contributed by atoms with Gasteiger partial charge < -0.3 is 14.4 Å². The summed E-state index contributed by atoms with van der Waals surface area (Å²) in [5, 5.41) is 0. The standard InChI is InChI=1S/C17H26N6/c1-21(2)9-4-11-22-12-8-20-17(22)15-5-3-10-23(14-15)16-13-18-6-7-19-16/h6-8,12-13,15H,3-5,9-11,14H2,1-2H3/t15-/m0/s1. The van der Waals surface area contributed by atoms with Gasteiger partial charge in [0.05, 0.1) is 6.20 Å². The van der Waals surface area contributed by atoms with Crippen LogP contribution >= 0.6 is 0 Å². The molecule has 6 heteroatoms. The van der Waals surface area contributed by atoms with E-state index in [0.717, 1.165) is 38.4 Å². The Labute approximate surface area is 138 Å². The van der Waals surface area contributed by atoms with E-state index in [0.29, 0.717) is 5.92 Å². The van der Waals surface area contributed by atoms with Crippen molar-refractivity contribution in [1.82, 2.24) is 24.4 Å². The Balaban J connectivity index is 1.66. The normalized spacial score (nSPS) is 18.6. The summed E-state index contributed by atoms with van der Waals surface area (Å²) in [6.45, 7) is 4.17. The maximum atomic E-state index is 4.65. The number of nitrogens with zero attached hydrogens (tertiary/aromatic N) is 6. The minimum Gasteiger partial charge on any atom is -0.355 e. The van der Waals surface area contributed by atoms with Crippen LogP contribution in [-0.4, -0.2) is 58.1 Å². The second kappa shape index (κ2) is 7.55. The van der Waals surface area contributed by atoms with E-state index in [2.05, 4.69) is 49.6 Å². The molecule has 1 fully saturated rings. The van der Waals surface area contributed by atoms with Crippen LogP contribution in [-0.2, 0) is 6.54 Å². The van der Waals surface area contributed by atoms with Crippen molar-refractivity contribution < 1.29 is 0 Å². The number of piperidine rings is 1. The maximum Gasteiger partial charge on any atom is 0.147 e. The van der Waals surface area contributed by atoms with Gasteiger partial charge in [0.1, 0.15) is 11.6 Å². The molecule has 1 aliphatic heterocycles. The fourth-order valence-corrected chi connectivity index (χ4v) is 3.28. The Bertz CT molecular complexity index is 594. The highest BCUT2D eigenvalue weighted by Gasteiger charge is 2.25. The van der Waals surface area contributed by atoms with Crippen LogP contribution in [0.5, 0.6) is 0 Å². The van der Waals surface area contributed by atoms with Crippen molar-refractivity contribution in [2.24, 2.45) is 0 Å². The SMILES string of the molecule is CN(C)CCCn1ccnc1[C@H]1CCCN(c2cnccn2)C1. The predicted molar refractivity (Wildman–Crippen MR) is 91.6 cm³/mol. The first kappa shape index (κ1) is 15.9. The summed E-state index contributed by atoms with van der Waals surface area (Å²) in [6, 6.07) is 0. The van der Waals surface area contributed by atoms with Gasteiger partial charge in [0.25, 0.3) is 0 Å². The van der Waals surface area contributed by atoms with Crippen molar-refractivity contribution in [3.8, 4) is 0 Å². The number of hydrogen-bond donors (Lipinski definition) is 0. The van der Waals surface area contributed by atoms with Crippen molar-refractivity contribution in [2.45, 2.75) is 31.7 Å². The Morgan fingerprint density at radius 2 is 2.13 bits per heavy atom. The molecule has 2 aromatic heterocycles. The molecule has 1 aliphatic rings. The van der Waals surface area contributed by atoms with Gasteiger partial charge in [-0.25, -0.2) is 9.97 Å². The van der Waals surface area contributed by atoms with Crippen LogP contribution in [0, 0.1) is 0 Å². The summed E-state index contributed by atoms with van der Waals surface area (Å²) in [7, 11) is 4.24. The molecular weight excluding hydrogens is 288 g/mol. The van der Waals surface area contributed by atoms with Gasteiger partial charge in [0, 0.05) is 50.3 Å². The van der Waals surface area contributed by atoms with Crippen molar-refractivity contribution in [1.29, 1.82) is 0 Å². The lowest BCUT2D eigenvalue weighted by atomic mass is 9.97. The third-order valence-corrected chi connectivity index (χ3v) is 4.41. The molecule has 0 aliphatic carbocycles. The van der Waals surface area contributed by atoms with Crippen LogP contribution in [0.25, 0.3) is 0 Å². The molecule has 0 aromatic carbocycles. The lowest BCUT2D eigenvalue weighted by Gasteiger charge is -2.33. The van der Waals surface area contributed by atoms with Crippen LogP contribution in [0.4, 0.5) is 5.82 Å². The van der Waals surface area contributed by atoms with E-state index in [4.69, 9.17) is 0 Å². The monoisotopic (exact) mass is 314 g/mol. The summed E-state index contributed by atoms with van der Waals surface area (Å²) in [6.07, 6.45) is 12.9. The molecule has 3 rings (SSSR count). The fraction of sp³-hybridized carbons (Fsp3) is 0.588. The van der Waals surface area contributed by atoms with Gasteiger partial charge in [0.2, 0.25) is 0 Å². The molecule has 0 radical (unpaired) electrons. The zero-order valence-electron chi connectivity index (χ0n) is 14.1. The second-order valence-electron chi connectivity index (χ2n) is 6.48. The minimum absolute atomic E-state index is 0.472. The van der Waals surface area contributed by atoms with Crippen LogP contribution in [0.1, 0.15) is 31.0 Å². The summed E-state index contributed by atoms with van der Waals surface area (Å²) >= 11 is 0. The van der Waals surface area contributed by atoms with E-state index < -0.39 is 0 Å². The number of aryl methyl sites for hydroxylation is 1. The second-order valence-corrected chi connectivity index (χ2v) is 6.48. The lowest BCUT2D eigenvalue weighted by Crippen LogP contribution is -2.36. The molecular formula is C17H26N6. The molecule has 0 N–H and O–H groups in total. The summed E-state index contributed by atoms with van der Waals surface area (Å²) < 4.78 is 2.33. The average molecular weight is 314 g/mol. The number of anilines is 1. The van der Waals surface area contributed by atoms with E-state index in [1.807, 2.05) is 12.4 Å². The fourth-order valence-electron chi connectivity index (χ4n) is 3.28. The average Bonchev–Trinajstić information content (AvgIpc) is 3.04. The first-order valence-electron chi connectivity index (χ1n) is 8.41. The van der Waals surface area contributed by atoms with Gasteiger partial charge in [-0.3, -0.25) is 4.98 Å². The quantitative estimate of drug-likeness (QED) is 0.816. The van der Waals surface area contributed by atoms with E-state index in [9.17, 15) is 0 Å². The van der Waals surface area contributed by atoms with Gasteiger partial charge in [0.15, 0.2) is 0 Å². The largest absolute Gasteiger partial charge is 0.355 e. The molecule has 2 aromatic rings. The van der Waals surface area contributed by atoms with Gasteiger partial charge in [-0.05, 0) is 39.9 Å². The molecule has 0 amide bonds. The number of aromatic nitrogens is 4. The van der Waals surface area contributed by atoms with Crippen LogP contribution < -0.4 is 4.90 Å². The number of hydrogen-bond acceptors (Lipinski definition) is 5. The summed E-state index contributed by atoms with van der Waals surface area (Å²) in [5.41, 5.74) is 0. The number of rotatable bonds is 6. The highest BCUT2D eigenvalue weighted by molar-refractivity contribution is 5.36. The van der Waals surface area contributed by atoms with Crippen molar-refractivity contribution in [2.75, 3.05) is 38.6 Å². The van der Waals surface area contributed by atoms with Crippen molar-refractivity contribution in [3.63, 3.8) is 0 Å². The molecule has 23 heavy (non-hydrogen) atoms. The molecule has 0 bridgehead atoms. The predicted octanol–water partition coefficient (Wildman–Crippen LogP) is 2.01. The minimum atomic E-state index is 0.472. The van der Waals surface area contributed by atoms with Crippen LogP contribution in [0.15, 0.2) is 31.0 Å². The molecule has 0 spiro atoms. The van der Waals surface area contributed by atoms with Crippen LogP contribution in [0.3, 0.4) is 0 Å². The third kappa shape index (κ3) is 4.07. The Morgan fingerprint density at radius 1 is 1.22 bits per heavy atom. The summed E-state index contributed by atoms with van der Waals surface area (Å²) in [5.74, 6) is 2.67. The molecule has 124 valence electrons. The summed E-state index contributed by atoms with van der Waals surface area (Å²) in [4.78, 5) is 17.8. The Hall–Kier alpha value is -1.95. The van der Waals surface area contributed by atoms with Gasteiger partial charge in [-0.1, -0.05) is 0 Å². The third-order valence-electron chi connectivity index (χ3n) is 4.41. The first-order chi connectivity index (χ1) is 11.2. The zero-order chi connectivity index (χ0) is 16.1.